The van der Waals surface area contributed by atoms with Crippen molar-refractivity contribution in [2.45, 2.75) is 0 Å². The standard InChI is InChI=1S/C12H9BrN4O4/c13-9-5-12(17(20)21)10(6-11(9)16(18)19)15-8-3-1-7(14)2-4-8/h1-6,15H,14H2. The Morgan fingerprint density at radius 3 is 2.10 bits per heavy atom. The van der Waals surface area contributed by atoms with Crippen LogP contribution in [0.15, 0.2) is 40.9 Å². The Balaban J connectivity index is 2.49. The van der Waals surface area contributed by atoms with Gasteiger partial charge in [-0.05, 0) is 40.2 Å². The van der Waals surface area contributed by atoms with Gasteiger partial charge in [0.05, 0.1) is 9.85 Å². The van der Waals surface area contributed by atoms with E-state index in [4.69, 9.17) is 5.73 Å². The Kier molecular flexibility index (Phi) is 4.03. The van der Waals surface area contributed by atoms with E-state index in [9.17, 15) is 20.2 Å². The van der Waals surface area contributed by atoms with Gasteiger partial charge in [-0.15, -0.1) is 0 Å². The molecule has 0 unspecified atom stereocenters. The maximum absolute atomic E-state index is 11.1. The van der Waals surface area contributed by atoms with Crippen molar-refractivity contribution < 1.29 is 9.85 Å². The van der Waals surface area contributed by atoms with Crippen LogP contribution in [0.25, 0.3) is 0 Å². The molecule has 0 spiro atoms. The zero-order chi connectivity index (χ0) is 15.6. The van der Waals surface area contributed by atoms with Crippen molar-refractivity contribution in [1.29, 1.82) is 0 Å². The molecule has 2 rings (SSSR count). The molecule has 0 saturated carbocycles. The van der Waals surface area contributed by atoms with Gasteiger partial charge in [-0.25, -0.2) is 0 Å². The zero-order valence-corrected chi connectivity index (χ0v) is 12.0. The number of anilines is 3. The SMILES string of the molecule is Nc1ccc(Nc2cc([N+](=O)[O-])c(Br)cc2[N+](=O)[O-])cc1. The molecule has 0 aliphatic heterocycles. The highest BCUT2D eigenvalue weighted by Gasteiger charge is 2.22. The Morgan fingerprint density at radius 2 is 1.57 bits per heavy atom. The molecule has 0 bridgehead atoms. The van der Waals surface area contributed by atoms with Gasteiger partial charge in [-0.2, -0.15) is 0 Å². The molecule has 2 aromatic carbocycles. The van der Waals surface area contributed by atoms with Crippen LogP contribution >= 0.6 is 15.9 Å². The van der Waals surface area contributed by atoms with Crippen molar-refractivity contribution in [3.63, 3.8) is 0 Å². The van der Waals surface area contributed by atoms with Crippen LogP contribution in [0, 0.1) is 20.2 Å². The Bertz CT molecular complexity index is 718. The number of nitrogen functional groups attached to an aromatic ring is 1. The van der Waals surface area contributed by atoms with Gasteiger partial charge in [0.15, 0.2) is 0 Å². The molecule has 0 aromatic heterocycles. The summed E-state index contributed by atoms with van der Waals surface area (Å²) in [6.07, 6.45) is 0. The first kappa shape index (κ1) is 14.7. The third-order valence-electron chi connectivity index (χ3n) is 2.65. The lowest BCUT2D eigenvalue weighted by molar-refractivity contribution is -0.389. The Labute approximate surface area is 127 Å². The summed E-state index contributed by atoms with van der Waals surface area (Å²) in [6, 6.07) is 8.67. The number of nitro groups is 2. The van der Waals surface area contributed by atoms with Crippen LogP contribution < -0.4 is 11.1 Å². The van der Waals surface area contributed by atoms with Crippen LogP contribution in [-0.4, -0.2) is 9.85 Å². The minimum atomic E-state index is -0.623. The molecule has 21 heavy (non-hydrogen) atoms. The number of rotatable bonds is 4. The van der Waals surface area contributed by atoms with Gasteiger partial charge in [-0.3, -0.25) is 20.2 Å². The molecule has 9 heteroatoms. The van der Waals surface area contributed by atoms with Crippen molar-refractivity contribution >= 4 is 44.4 Å². The van der Waals surface area contributed by atoms with Gasteiger partial charge in [0, 0.05) is 23.5 Å². The molecule has 108 valence electrons. The van der Waals surface area contributed by atoms with Crippen molar-refractivity contribution in [3.8, 4) is 0 Å². The van der Waals surface area contributed by atoms with Gasteiger partial charge in [0.1, 0.15) is 10.2 Å². The van der Waals surface area contributed by atoms with E-state index in [1.165, 1.54) is 0 Å². The van der Waals surface area contributed by atoms with Gasteiger partial charge < -0.3 is 11.1 Å². The lowest BCUT2D eigenvalue weighted by Crippen LogP contribution is -2.00. The average molecular weight is 353 g/mol. The molecule has 0 aliphatic rings. The highest BCUT2D eigenvalue weighted by Crippen LogP contribution is 2.37. The van der Waals surface area contributed by atoms with E-state index in [1.54, 1.807) is 24.3 Å². The summed E-state index contributed by atoms with van der Waals surface area (Å²) >= 11 is 2.95. The molecule has 0 radical (unpaired) electrons. The van der Waals surface area contributed by atoms with E-state index in [-0.39, 0.29) is 21.5 Å². The monoisotopic (exact) mass is 352 g/mol. The topological polar surface area (TPSA) is 124 Å². The summed E-state index contributed by atoms with van der Waals surface area (Å²) in [5.74, 6) is 0. The smallest absolute Gasteiger partial charge is 0.294 e. The summed E-state index contributed by atoms with van der Waals surface area (Å²) in [5.41, 5.74) is 6.11. The second-order valence-corrected chi connectivity index (χ2v) is 4.94. The van der Waals surface area contributed by atoms with Crippen LogP contribution in [0.4, 0.5) is 28.4 Å². The first-order valence-corrected chi connectivity index (χ1v) is 6.42. The molecule has 0 atom stereocenters. The van der Waals surface area contributed by atoms with Crippen LogP contribution in [0.2, 0.25) is 0 Å². The fourth-order valence-electron chi connectivity index (χ4n) is 1.66. The van der Waals surface area contributed by atoms with Crippen LogP contribution in [-0.2, 0) is 0 Å². The van der Waals surface area contributed by atoms with E-state index in [0.29, 0.717) is 11.4 Å². The number of benzene rings is 2. The normalized spacial score (nSPS) is 10.1. The molecule has 0 aliphatic carbocycles. The summed E-state index contributed by atoms with van der Waals surface area (Å²) in [6.45, 7) is 0. The molecule has 8 nitrogen and oxygen atoms in total. The maximum atomic E-state index is 11.1. The number of nitrogens with one attached hydrogen (secondary N) is 1. The van der Waals surface area contributed by atoms with Crippen LogP contribution in [0.3, 0.4) is 0 Å². The molecule has 0 saturated heterocycles. The van der Waals surface area contributed by atoms with Crippen molar-refractivity contribution in [2.24, 2.45) is 0 Å². The molecular weight excluding hydrogens is 344 g/mol. The van der Waals surface area contributed by atoms with E-state index < -0.39 is 9.85 Å². The lowest BCUT2D eigenvalue weighted by Gasteiger charge is -2.08. The van der Waals surface area contributed by atoms with Crippen molar-refractivity contribution in [3.05, 3.63) is 61.1 Å². The summed E-state index contributed by atoms with van der Waals surface area (Å²) in [7, 11) is 0. The third kappa shape index (κ3) is 3.26. The van der Waals surface area contributed by atoms with E-state index in [2.05, 4.69) is 21.2 Å². The zero-order valence-electron chi connectivity index (χ0n) is 10.4. The molecule has 3 N–H and O–H groups in total. The van der Waals surface area contributed by atoms with E-state index in [0.717, 1.165) is 12.1 Å². The predicted octanol–water partition coefficient (Wildman–Crippen LogP) is 3.59. The van der Waals surface area contributed by atoms with Crippen LogP contribution in [0.1, 0.15) is 0 Å². The van der Waals surface area contributed by atoms with Crippen LogP contribution in [0.5, 0.6) is 0 Å². The fourth-order valence-corrected chi connectivity index (χ4v) is 2.14. The summed E-state index contributed by atoms with van der Waals surface area (Å²) < 4.78 is 0.0436. The Morgan fingerprint density at radius 1 is 1.00 bits per heavy atom. The highest BCUT2D eigenvalue weighted by molar-refractivity contribution is 9.10. The van der Waals surface area contributed by atoms with Gasteiger partial charge in [0.25, 0.3) is 11.4 Å². The molecule has 2 aromatic rings. The Hall–Kier alpha value is -2.68. The largest absolute Gasteiger partial charge is 0.399 e. The van der Waals surface area contributed by atoms with E-state index in [1.807, 2.05) is 0 Å². The van der Waals surface area contributed by atoms with Gasteiger partial charge >= 0.3 is 0 Å². The van der Waals surface area contributed by atoms with Gasteiger partial charge in [0.2, 0.25) is 0 Å². The minimum Gasteiger partial charge on any atom is -0.399 e. The molecular formula is C12H9BrN4O4. The number of hydrogen-bond acceptors (Lipinski definition) is 6. The number of nitro benzene ring substituents is 2. The second-order valence-electron chi connectivity index (χ2n) is 4.08. The predicted molar refractivity (Wildman–Crippen MR) is 81.6 cm³/mol. The summed E-state index contributed by atoms with van der Waals surface area (Å²) in [4.78, 5) is 20.7. The number of nitrogens with two attached hydrogens (primary N) is 1. The number of halogens is 1. The third-order valence-corrected chi connectivity index (χ3v) is 3.28. The highest BCUT2D eigenvalue weighted by atomic mass is 79.9. The van der Waals surface area contributed by atoms with Crippen molar-refractivity contribution in [2.75, 3.05) is 11.1 Å². The summed E-state index contributed by atoms with van der Waals surface area (Å²) in [5, 5.41) is 24.7. The van der Waals surface area contributed by atoms with Crippen molar-refractivity contribution in [1.82, 2.24) is 0 Å². The first-order chi connectivity index (χ1) is 9.88. The van der Waals surface area contributed by atoms with E-state index >= 15 is 0 Å². The quantitative estimate of drug-likeness (QED) is 0.492. The molecule has 0 fully saturated rings. The fraction of sp³-hybridized carbons (Fsp3) is 0. The first-order valence-electron chi connectivity index (χ1n) is 5.63. The minimum absolute atomic E-state index is 0.0275. The lowest BCUT2D eigenvalue weighted by atomic mass is 10.2. The number of hydrogen-bond donors (Lipinski definition) is 2. The average Bonchev–Trinajstić information content (AvgIpc) is 2.42. The second kappa shape index (κ2) is 5.75. The number of nitrogens with zero attached hydrogens (tertiary/aromatic N) is 2. The maximum Gasteiger partial charge on any atom is 0.294 e. The van der Waals surface area contributed by atoms with Gasteiger partial charge in [-0.1, -0.05) is 0 Å². The molecule has 0 heterocycles. The molecule has 0 amide bonds.